The van der Waals surface area contributed by atoms with E-state index in [9.17, 15) is 0 Å². The number of aryl methyl sites for hydroxylation is 1. The molecule has 2 rings (SSSR count). The van der Waals surface area contributed by atoms with Crippen LogP contribution in [0.25, 0.3) is 0 Å². The van der Waals surface area contributed by atoms with E-state index in [2.05, 4.69) is 51.8 Å². The Bertz CT molecular complexity index is 552. The molecule has 0 aliphatic heterocycles. The topological polar surface area (TPSA) is 49.8 Å². The van der Waals surface area contributed by atoms with Crippen molar-refractivity contribution in [3.05, 3.63) is 47.3 Å². The first-order valence-corrected chi connectivity index (χ1v) is 7.07. The molecule has 0 amide bonds. The second kappa shape index (κ2) is 6.89. The van der Waals surface area contributed by atoms with E-state index in [4.69, 9.17) is 0 Å². The van der Waals surface area contributed by atoms with Crippen molar-refractivity contribution >= 4 is 11.6 Å². The van der Waals surface area contributed by atoms with E-state index in [-0.39, 0.29) is 0 Å². The van der Waals surface area contributed by atoms with Gasteiger partial charge in [0.1, 0.15) is 17.5 Å². The summed E-state index contributed by atoms with van der Waals surface area (Å²) >= 11 is 0. The van der Waals surface area contributed by atoms with Crippen LogP contribution in [0.15, 0.2) is 30.3 Å². The minimum Gasteiger partial charge on any atom is -0.373 e. The maximum atomic E-state index is 4.57. The van der Waals surface area contributed by atoms with Crippen LogP contribution in [0.2, 0.25) is 0 Å². The van der Waals surface area contributed by atoms with Crippen LogP contribution in [0.4, 0.5) is 11.6 Å². The van der Waals surface area contributed by atoms with E-state index in [1.807, 2.05) is 20.0 Å². The number of benzene rings is 1. The van der Waals surface area contributed by atoms with Gasteiger partial charge in [-0.15, -0.1) is 0 Å². The van der Waals surface area contributed by atoms with Crippen LogP contribution >= 0.6 is 0 Å². The van der Waals surface area contributed by atoms with Crippen molar-refractivity contribution in [3.8, 4) is 0 Å². The summed E-state index contributed by atoms with van der Waals surface area (Å²) in [6.45, 7) is 4.97. The predicted octanol–water partition coefficient (Wildman–Crippen LogP) is 3.04. The maximum absolute atomic E-state index is 4.57. The highest BCUT2D eigenvalue weighted by Gasteiger charge is 2.08. The molecule has 106 valence electrons. The lowest BCUT2D eigenvalue weighted by molar-refractivity contribution is 0.917. The highest BCUT2D eigenvalue weighted by molar-refractivity contribution is 5.57. The first-order chi connectivity index (χ1) is 9.74. The SMILES string of the molecule is CCc1nc(NC)c(C)c(NCCc2ccccc2)n1. The standard InChI is InChI=1S/C16H22N4/c1-4-14-19-15(17-3)12(2)16(20-14)18-11-10-13-8-6-5-7-9-13/h5-9H,4,10-11H2,1-3H3,(H2,17,18,19,20). The summed E-state index contributed by atoms with van der Waals surface area (Å²) in [5.41, 5.74) is 2.40. The molecule has 0 aliphatic carbocycles. The van der Waals surface area contributed by atoms with E-state index in [0.717, 1.165) is 42.4 Å². The molecule has 1 aromatic carbocycles. The zero-order chi connectivity index (χ0) is 14.4. The van der Waals surface area contributed by atoms with E-state index in [1.165, 1.54) is 5.56 Å². The van der Waals surface area contributed by atoms with Gasteiger partial charge < -0.3 is 10.6 Å². The third-order valence-corrected chi connectivity index (χ3v) is 3.29. The predicted molar refractivity (Wildman–Crippen MR) is 84.3 cm³/mol. The van der Waals surface area contributed by atoms with Crippen molar-refractivity contribution in [1.82, 2.24) is 9.97 Å². The van der Waals surface area contributed by atoms with Gasteiger partial charge in [-0.2, -0.15) is 0 Å². The normalized spacial score (nSPS) is 10.3. The lowest BCUT2D eigenvalue weighted by Crippen LogP contribution is -2.11. The Morgan fingerprint density at radius 1 is 1.05 bits per heavy atom. The fraction of sp³-hybridized carbons (Fsp3) is 0.375. The monoisotopic (exact) mass is 270 g/mol. The van der Waals surface area contributed by atoms with Gasteiger partial charge in [0.15, 0.2) is 0 Å². The van der Waals surface area contributed by atoms with Crippen LogP contribution in [-0.2, 0) is 12.8 Å². The summed E-state index contributed by atoms with van der Waals surface area (Å²) in [5.74, 6) is 2.69. The van der Waals surface area contributed by atoms with Gasteiger partial charge in [-0.1, -0.05) is 37.3 Å². The molecular weight excluding hydrogens is 248 g/mol. The molecule has 0 bridgehead atoms. The third-order valence-electron chi connectivity index (χ3n) is 3.29. The Labute approximate surface area is 120 Å². The molecule has 2 aromatic rings. The zero-order valence-corrected chi connectivity index (χ0v) is 12.4. The maximum Gasteiger partial charge on any atom is 0.134 e. The quantitative estimate of drug-likeness (QED) is 0.847. The van der Waals surface area contributed by atoms with Gasteiger partial charge in [-0.3, -0.25) is 0 Å². The van der Waals surface area contributed by atoms with Gasteiger partial charge >= 0.3 is 0 Å². The fourth-order valence-electron chi connectivity index (χ4n) is 2.11. The van der Waals surface area contributed by atoms with Gasteiger partial charge in [0, 0.05) is 25.6 Å². The minimum atomic E-state index is 0.836. The summed E-state index contributed by atoms with van der Waals surface area (Å²) in [4.78, 5) is 9.04. The molecule has 0 aliphatic rings. The molecule has 20 heavy (non-hydrogen) atoms. The number of hydrogen-bond acceptors (Lipinski definition) is 4. The summed E-state index contributed by atoms with van der Waals surface area (Å²) in [6.07, 6.45) is 1.82. The molecule has 2 N–H and O–H groups in total. The summed E-state index contributed by atoms with van der Waals surface area (Å²) in [5, 5.41) is 6.55. The number of nitrogens with zero attached hydrogens (tertiary/aromatic N) is 2. The largest absolute Gasteiger partial charge is 0.373 e. The number of anilines is 2. The van der Waals surface area contributed by atoms with Crippen LogP contribution in [-0.4, -0.2) is 23.6 Å². The number of nitrogens with one attached hydrogen (secondary N) is 2. The average molecular weight is 270 g/mol. The first-order valence-electron chi connectivity index (χ1n) is 7.07. The Kier molecular flexibility index (Phi) is 4.93. The Morgan fingerprint density at radius 3 is 2.40 bits per heavy atom. The van der Waals surface area contributed by atoms with Crippen molar-refractivity contribution in [2.75, 3.05) is 24.2 Å². The van der Waals surface area contributed by atoms with E-state index in [1.54, 1.807) is 0 Å². The molecule has 0 spiro atoms. The lowest BCUT2D eigenvalue weighted by atomic mass is 10.1. The van der Waals surface area contributed by atoms with E-state index < -0.39 is 0 Å². The van der Waals surface area contributed by atoms with Crippen LogP contribution < -0.4 is 10.6 Å². The van der Waals surface area contributed by atoms with Gasteiger partial charge in [0.05, 0.1) is 0 Å². The van der Waals surface area contributed by atoms with Crippen molar-refractivity contribution < 1.29 is 0 Å². The van der Waals surface area contributed by atoms with Crippen LogP contribution in [0.1, 0.15) is 23.9 Å². The molecule has 1 aromatic heterocycles. The Balaban J connectivity index is 2.05. The smallest absolute Gasteiger partial charge is 0.134 e. The molecule has 1 heterocycles. The van der Waals surface area contributed by atoms with Crippen molar-refractivity contribution in [3.63, 3.8) is 0 Å². The lowest BCUT2D eigenvalue weighted by Gasteiger charge is -2.13. The number of hydrogen-bond donors (Lipinski definition) is 2. The van der Waals surface area contributed by atoms with Gasteiger partial charge in [-0.05, 0) is 18.9 Å². The van der Waals surface area contributed by atoms with Crippen molar-refractivity contribution in [2.45, 2.75) is 26.7 Å². The van der Waals surface area contributed by atoms with E-state index >= 15 is 0 Å². The molecule has 4 heteroatoms. The minimum absolute atomic E-state index is 0.836. The Morgan fingerprint density at radius 2 is 1.75 bits per heavy atom. The van der Waals surface area contributed by atoms with Crippen LogP contribution in [0.3, 0.4) is 0 Å². The molecule has 0 unspecified atom stereocenters. The second-order valence-corrected chi connectivity index (χ2v) is 4.73. The average Bonchev–Trinajstić information content (AvgIpc) is 2.50. The molecule has 0 atom stereocenters. The highest BCUT2D eigenvalue weighted by Crippen LogP contribution is 2.19. The second-order valence-electron chi connectivity index (χ2n) is 4.73. The third kappa shape index (κ3) is 3.47. The molecule has 0 saturated carbocycles. The van der Waals surface area contributed by atoms with E-state index in [0.29, 0.717) is 0 Å². The molecule has 0 saturated heterocycles. The zero-order valence-electron chi connectivity index (χ0n) is 12.4. The van der Waals surface area contributed by atoms with Gasteiger partial charge in [0.25, 0.3) is 0 Å². The number of aromatic nitrogens is 2. The highest BCUT2D eigenvalue weighted by atomic mass is 15.1. The first kappa shape index (κ1) is 14.3. The van der Waals surface area contributed by atoms with Crippen molar-refractivity contribution in [1.29, 1.82) is 0 Å². The Hall–Kier alpha value is -2.10. The molecule has 0 radical (unpaired) electrons. The van der Waals surface area contributed by atoms with Crippen molar-refractivity contribution in [2.24, 2.45) is 0 Å². The fourth-order valence-corrected chi connectivity index (χ4v) is 2.11. The number of rotatable bonds is 6. The molecule has 0 fully saturated rings. The van der Waals surface area contributed by atoms with Crippen LogP contribution in [0.5, 0.6) is 0 Å². The summed E-state index contributed by atoms with van der Waals surface area (Å²) in [7, 11) is 1.89. The summed E-state index contributed by atoms with van der Waals surface area (Å²) < 4.78 is 0. The molecule has 4 nitrogen and oxygen atoms in total. The molecular formula is C16H22N4. The summed E-state index contributed by atoms with van der Waals surface area (Å²) in [6, 6.07) is 10.5. The van der Waals surface area contributed by atoms with Gasteiger partial charge in [-0.25, -0.2) is 9.97 Å². The van der Waals surface area contributed by atoms with Gasteiger partial charge in [0.2, 0.25) is 0 Å². The van der Waals surface area contributed by atoms with Crippen LogP contribution in [0, 0.1) is 6.92 Å².